The molecule has 4 rings (SSSR count). The molecule has 2 aromatic rings. The van der Waals surface area contributed by atoms with Gasteiger partial charge < -0.3 is 9.64 Å². The van der Waals surface area contributed by atoms with Gasteiger partial charge in [-0.3, -0.25) is 9.78 Å². The highest BCUT2D eigenvalue weighted by molar-refractivity contribution is 5.94. The highest BCUT2D eigenvalue weighted by atomic mass is 16.5. The maximum Gasteiger partial charge on any atom is 0.254 e. The first-order valence-corrected chi connectivity index (χ1v) is 7.90. The van der Waals surface area contributed by atoms with Crippen molar-refractivity contribution >= 4 is 5.91 Å². The molecule has 6 heteroatoms. The zero-order chi connectivity index (χ0) is 15.9. The summed E-state index contributed by atoms with van der Waals surface area (Å²) in [7, 11) is 0. The number of nitrogens with zero attached hydrogens (tertiary/aromatic N) is 4. The molecule has 118 valence electrons. The number of ether oxygens (including phenoxy) is 1. The fourth-order valence-corrected chi connectivity index (χ4v) is 3.23. The number of likely N-dealkylation sites (tertiary alicyclic amines) is 1. The molecule has 23 heavy (non-hydrogen) atoms. The lowest BCUT2D eigenvalue weighted by atomic mass is 9.87. The van der Waals surface area contributed by atoms with E-state index >= 15 is 0 Å². The average Bonchev–Trinajstić information content (AvgIpc) is 2.93. The summed E-state index contributed by atoms with van der Waals surface area (Å²) in [5.74, 6) is 0.884. The number of rotatable bonds is 3. The third-order valence-corrected chi connectivity index (χ3v) is 4.47. The van der Waals surface area contributed by atoms with Crippen molar-refractivity contribution in [2.75, 3.05) is 13.1 Å². The minimum Gasteiger partial charge on any atom is -0.360 e. The number of amides is 1. The molecule has 0 atom stereocenters. The predicted octanol–water partition coefficient (Wildman–Crippen LogP) is 1.71. The quantitative estimate of drug-likeness (QED) is 0.863. The Morgan fingerprint density at radius 2 is 2.13 bits per heavy atom. The number of carbonyl (C=O) groups excluding carboxylic acids is 1. The molecule has 0 bridgehead atoms. The second-order valence-electron chi connectivity index (χ2n) is 6.08. The lowest BCUT2D eigenvalue weighted by Gasteiger charge is -2.47. The maximum absolute atomic E-state index is 12.4. The maximum atomic E-state index is 12.4. The first-order chi connectivity index (χ1) is 11.2. The molecule has 2 aromatic heterocycles. The summed E-state index contributed by atoms with van der Waals surface area (Å²) < 4.78 is 5.99. The fourth-order valence-electron chi connectivity index (χ4n) is 3.23. The van der Waals surface area contributed by atoms with Crippen LogP contribution in [0.25, 0.3) is 0 Å². The van der Waals surface area contributed by atoms with Gasteiger partial charge in [-0.25, -0.2) is 9.97 Å². The van der Waals surface area contributed by atoms with Crippen LogP contribution in [0.4, 0.5) is 0 Å². The Bertz CT molecular complexity index is 742. The molecule has 1 fully saturated rings. The van der Waals surface area contributed by atoms with E-state index in [-0.39, 0.29) is 5.91 Å². The summed E-state index contributed by atoms with van der Waals surface area (Å²) in [4.78, 5) is 27.2. The Morgan fingerprint density at radius 3 is 2.87 bits per heavy atom. The van der Waals surface area contributed by atoms with E-state index in [0.29, 0.717) is 25.3 Å². The normalized spacial score (nSPS) is 17.9. The van der Waals surface area contributed by atoms with E-state index in [1.54, 1.807) is 29.4 Å². The van der Waals surface area contributed by atoms with Crippen LogP contribution >= 0.6 is 0 Å². The second kappa shape index (κ2) is 5.38. The van der Waals surface area contributed by atoms with Gasteiger partial charge in [-0.1, -0.05) is 6.92 Å². The Labute approximate surface area is 134 Å². The SMILES string of the molecule is CCCc1ncc2c(n1)COC21CN(C(=O)c2ccncc2)C1. The molecule has 2 aliphatic rings. The number of aromatic nitrogens is 3. The first-order valence-electron chi connectivity index (χ1n) is 7.90. The second-order valence-corrected chi connectivity index (χ2v) is 6.08. The number of aryl methyl sites for hydroxylation is 1. The van der Waals surface area contributed by atoms with Crippen molar-refractivity contribution in [2.45, 2.75) is 32.0 Å². The lowest BCUT2D eigenvalue weighted by molar-refractivity contribution is -0.126. The minimum atomic E-state index is -0.414. The van der Waals surface area contributed by atoms with Crippen LogP contribution in [0.5, 0.6) is 0 Å². The summed E-state index contributed by atoms with van der Waals surface area (Å²) in [6, 6.07) is 3.47. The molecule has 0 radical (unpaired) electrons. The molecule has 0 unspecified atom stereocenters. The predicted molar refractivity (Wildman–Crippen MR) is 82.6 cm³/mol. The molecule has 4 heterocycles. The van der Waals surface area contributed by atoms with Gasteiger partial charge >= 0.3 is 0 Å². The number of pyridine rings is 1. The first kappa shape index (κ1) is 14.3. The average molecular weight is 310 g/mol. The summed E-state index contributed by atoms with van der Waals surface area (Å²) in [6.07, 6.45) is 7.06. The van der Waals surface area contributed by atoms with Crippen molar-refractivity contribution < 1.29 is 9.53 Å². The molecule has 1 saturated heterocycles. The van der Waals surface area contributed by atoms with Crippen molar-refractivity contribution in [3.05, 3.63) is 53.4 Å². The summed E-state index contributed by atoms with van der Waals surface area (Å²) in [5, 5.41) is 0. The van der Waals surface area contributed by atoms with Gasteiger partial charge in [0, 0.05) is 36.1 Å². The van der Waals surface area contributed by atoms with Crippen molar-refractivity contribution in [3.63, 3.8) is 0 Å². The zero-order valence-electron chi connectivity index (χ0n) is 13.0. The molecule has 1 spiro atoms. The van der Waals surface area contributed by atoms with Gasteiger partial charge in [-0.2, -0.15) is 0 Å². The van der Waals surface area contributed by atoms with E-state index in [4.69, 9.17) is 4.74 Å². The van der Waals surface area contributed by atoms with Crippen LogP contribution in [0, 0.1) is 0 Å². The standard InChI is InChI=1S/C17H18N4O2/c1-2-3-15-19-8-13-14(20-15)9-23-17(13)10-21(11-17)16(22)12-4-6-18-7-5-12/h4-8H,2-3,9-11H2,1H3. The van der Waals surface area contributed by atoms with Gasteiger partial charge in [0.1, 0.15) is 11.4 Å². The van der Waals surface area contributed by atoms with E-state index in [1.165, 1.54) is 0 Å². The van der Waals surface area contributed by atoms with Crippen LogP contribution in [-0.4, -0.2) is 38.8 Å². The summed E-state index contributed by atoms with van der Waals surface area (Å²) in [5.41, 5.74) is 2.25. The summed E-state index contributed by atoms with van der Waals surface area (Å²) >= 11 is 0. The molecular weight excluding hydrogens is 292 g/mol. The minimum absolute atomic E-state index is 0.0126. The molecule has 0 N–H and O–H groups in total. The monoisotopic (exact) mass is 310 g/mol. The third kappa shape index (κ3) is 2.30. The Morgan fingerprint density at radius 1 is 1.35 bits per heavy atom. The van der Waals surface area contributed by atoms with Gasteiger partial charge in [-0.15, -0.1) is 0 Å². The number of hydrogen-bond donors (Lipinski definition) is 0. The van der Waals surface area contributed by atoms with E-state index in [9.17, 15) is 4.79 Å². The van der Waals surface area contributed by atoms with Crippen molar-refractivity contribution in [3.8, 4) is 0 Å². The number of carbonyl (C=O) groups is 1. The van der Waals surface area contributed by atoms with Gasteiger partial charge in [0.25, 0.3) is 5.91 Å². The van der Waals surface area contributed by atoms with Crippen LogP contribution in [0.3, 0.4) is 0 Å². The Hall–Kier alpha value is -2.34. The van der Waals surface area contributed by atoms with Gasteiger partial charge in [0.2, 0.25) is 0 Å². The van der Waals surface area contributed by atoms with Crippen LogP contribution in [0.1, 0.15) is 40.8 Å². The van der Waals surface area contributed by atoms with Crippen molar-refractivity contribution in [1.29, 1.82) is 0 Å². The van der Waals surface area contributed by atoms with E-state index in [1.807, 2.05) is 6.20 Å². The molecule has 1 amide bonds. The highest BCUT2D eigenvalue weighted by Crippen LogP contribution is 2.42. The highest BCUT2D eigenvalue weighted by Gasteiger charge is 2.52. The van der Waals surface area contributed by atoms with Gasteiger partial charge in [-0.05, 0) is 18.6 Å². The number of hydrogen-bond acceptors (Lipinski definition) is 5. The molecule has 6 nitrogen and oxygen atoms in total. The largest absolute Gasteiger partial charge is 0.360 e. The fraction of sp³-hybridized carbons (Fsp3) is 0.412. The summed E-state index contributed by atoms with van der Waals surface area (Å²) in [6.45, 7) is 3.73. The molecular formula is C17H18N4O2. The number of fused-ring (bicyclic) bond motifs is 2. The van der Waals surface area contributed by atoms with Gasteiger partial charge in [0.15, 0.2) is 0 Å². The van der Waals surface area contributed by atoms with E-state index < -0.39 is 5.60 Å². The van der Waals surface area contributed by atoms with Crippen LogP contribution in [0.2, 0.25) is 0 Å². The van der Waals surface area contributed by atoms with Crippen LogP contribution < -0.4 is 0 Å². The zero-order valence-corrected chi connectivity index (χ0v) is 13.0. The molecule has 0 aliphatic carbocycles. The van der Waals surface area contributed by atoms with Crippen molar-refractivity contribution in [1.82, 2.24) is 19.9 Å². The Kier molecular flexibility index (Phi) is 3.34. The molecule has 0 aromatic carbocycles. The van der Waals surface area contributed by atoms with Gasteiger partial charge in [0.05, 0.1) is 25.4 Å². The smallest absolute Gasteiger partial charge is 0.254 e. The molecule has 0 saturated carbocycles. The lowest BCUT2D eigenvalue weighted by Crippen LogP contribution is -2.61. The van der Waals surface area contributed by atoms with E-state index in [2.05, 4.69) is 21.9 Å². The third-order valence-electron chi connectivity index (χ3n) is 4.47. The Balaban J connectivity index is 1.51. The topological polar surface area (TPSA) is 68.2 Å². The van der Waals surface area contributed by atoms with Crippen molar-refractivity contribution in [2.24, 2.45) is 0 Å². The van der Waals surface area contributed by atoms with Crippen LogP contribution in [-0.2, 0) is 23.4 Å². The van der Waals surface area contributed by atoms with Crippen LogP contribution in [0.15, 0.2) is 30.7 Å². The van der Waals surface area contributed by atoms with E-state index in [0.717, 1.165) is 29.9 Å². The molecule has 2 aliphatic heterocycles.